The van der Waals surface area contributed by atoms with Crippen molar-refractivity contribution in [3.8, 4) is 0 Å². The van der Waals surface area contributed by atoms with Gasteiger partial charge in [-0.25, -0.2) is 0 Å². The zero-order chi connectivity index (χ0) is 10.7. The van der Waals surface area contributed by atoms with Crippen LogP contribution in [0, 0.1) is 0 Å². The first kappa shape index (κ1) is 10.9. The van der Waals surface area contributed by atoms with Crippen molar-refractivity contribution in [2.24, 2.45) is 0 Å². The maximum absolute atomic E-state index is 5.74. The Morgan fingerprint density at radius 2 is 1.80 bits per heavy atom. The zero-order valence-corrected chi connectivity index (χ0v) is 10.1. The van der Waals surface area contributed by atoms with Gasteiger partial charge in [0, 0.05) is 16.9 Å². The molecule has 0 amide bonds. The highest BCUT2D eigenvalue weighted by molar-refractivity contribution is 7.98. The molecule has 1 aromatic rings. The van der Waals surface area contributed by atoms with E-state index in [1.165, 1.54) is 37.0 Å². The second kappa shape index (κ2) is 4.48. The van der Waals surface area contributed by atoms with Crippen LogP contribution in [0.4, 0.5) is 5.69 Å². The number of rotatable bonds is 3. The Morgan fingerprint density at radius 1 is 1.20 bits per heavy atom. The lowest BCUT2D eigenvalue weighted by Gasteiger charge is -2.29. The highest BCUT2D eigenvalue weighted by Crippen LogP contribution is 2.43. The van der Waals surface area contributed by atoms with Gasteiger partial charge in [0.15, 0.2) is 0 Å². The molecule has 0 unspecified atom stereocenters. The molecule has 1 fully saturated rings. The van der Waals surface area contributed by atoms with Crippen LogP contribution < -0.4 is 5.73 Å². The Bertz CT molecular complexity index is 312. The molecular formula is C13H19NS. The van der Waals surface area contributed by atoms with E-state index < -0.39 is 0 Å². The maximum atomic E-state index is 5.74. The van der Waals surface area contributed by atoms with Crippen molar-refractivity contribution < 1.29 is 0 Å². The van der Waals surface area contributed by atoms with Gasteiger partial charge in [0.1, 0.15) is 0 Å². The number of anilines is 1. The van der Waals surface area contributed by atoms with Crippen LogP contribution in [-0.4, -0.2) is 12.0 Å². The van der Waals surface area contributed by atoms with E-state index in [0.717, 1.165) is 5.69 Å². The summed E-state index contributed by atoms with van der Waals surface area (Å²) in [4.78, 5) is 0. The smallest absolute Gasteiger partial charge is 0.0314 e. The van der Waals surface area contributed by atoms with E-state index >= 15 is 0 Å². The van der Waals surface area contributed by atoms with Crippen LogP contribution in [0.5, 0.6) is 0 Å². The van der Waals surface area contributed by atoms with Gasteiger partial charge in [0.05, 0.1) is 0 Å². The summed E-state index contributed by atoms with van der Waals surface area (Å²) in [6, 6.07) is 8.51. The number of thioether (sulfide) groups is 1. The van der Waals surface area contributed by atoms with Gasteiger partial charge in [-0.3, -0.25) is 0 Å². The van der Waals surface area contributed by atoms with Crippen LogP contribution in [-0.2, 0) is 5.41 Å². The summed E-state index contributed by atoms with van der Waals surface area (Å²) in [6.07, 6.45) is 7.66. The van der Waals surface area contributed by atoms with Crippen LogP contribution in [0.2, 0.25) is 0 Å². The minimum atomic E-state index is 0.438. The van der Waals surface area contributed by atoms with Crippen molar-refractivity contribution >= 4 is 17.4 Å². The first-order valence-electron chi connectivity index (χ1n) is 5.62. The van der Waals surface area contributed by atoms with Crippen LogP contribution in [0.3, 0.4) is 0 Å². The molecule has 82 valence electrons. The summed E-state index contributed by atoms with van der Waals surface area (Å²) in [5.74, 6) is 1.25. The van der Waals surface area contributed by atoms with Gasteiger partial charge < -0.3 is 5.73 Å². The van der Waals surface area contributed by atoms with Gasteiger partial charge >= 0.3 is 0 Å². The Balaban J connectivity index is 2.28. The summed E-state index contributed by atoms with van der Waals surface area (Å²) >= 11 is 1.97. The SMILES string of the molecule is CSCC1(c2ccc(N)cc2)CCCC1. The standard InChI is InChI=1S/C13H19NS/c1-15-10-13(8-2-3-9-13)11-4-6-12(14)7-5-11/h4-7H,2-3,8-10,14H2,1H3. The van der Waals surface area contributed by atoms with Gasteiger partial charge in [-0.05, 0) is 36.8 Å². The van der Waals surface area contributed by atoms with Crippen molar-refractivity contribution in [3.63, 3.8) is 0 Å². The fourth-order valence-electron chi connectivity index (χ4n) is 2.68. The molecular weight excluding hydrogens is 202 g/mol. The Hall–Kier alpha value is -0.630. The number of benzene rings is 1. The van der Waals surface area contributed by atoms with Gasteiger partial charge in [0.25, 0.3) is 0 Å². The molecule has 1 aliphatic rings. The summed E-state index contributed by atoms with van der Waals surface area (Å²) in [5.41, 5.74) is 8.54. The summed E-state index contributed by atoms with van der Waals surface area (Å²) in [5, 5.41) is 0. The normalized spacial score (nSPS) is 19.3. The second-order valence-corrected chi connectivity index (χ2v) is 5.41. The van der Waals surface area contributed by atoms with E-state index in [0.29, 0.717) is 5.41 Å². The van der Waals surface area contributed by atoms with Gasteiger partial charge in [-0.2, -0.15) is 11.8 Å². The molecule has 0 atom stereocenters. The third kappa shape index (κ3) is 2.15. The van der Waals surface area contributed by atoms with Crippen LogP contribution in [0.15, 0.2) is 24.3 Å². The Labute approximate surface area is 96.4 Å². The average molecular weight is 221 g/mol. The summed E-state index contributed by atoms with van der Waals surface area (Å²) in [7, 11) is 0. The third-order valence-corrected chi connectivity index (χ3v) is 4.35. The highest BCUT2D eigenvalue weighted by atomic mass is 32.2. The lowest BCUT2D eigenvalue weighted by molar-refractivity contribution is 0.502. The van der Waals surface area contributed by atoms with Crippen molar-refractivity contribution in [3.05, 3.63) is 29.8 Å². The molecule has 0 spiro atoms. The predicted molar refractivity (Wildman–Crippen MR) is 69.4 cm³/mol. The van der Waals surface area contributed by atoms with Gasteiger partial charge in [-0.15, -0.1) is 0 Å². The predicted octanol–water partition coefficient (Wildman–Crippen LogP) is 3.44. The highest BCUT2D eigenvalue weighted by Gasteiger charge is 2.34. The van der Waals surface area contributed by atoms with Crippen LogP contribution >= 0.6 is 11.8 Å². The molecule has 1 saturated carbocycles. The zero-order valence-electron chi connectivity index (χ0n) is 9.33. The molecule has 2 heteroatoms. The Morgan fingerprint density at radius 3 is 2.33 bits per heavy atom. The number of nitrogen functional groups attached to an aromatic ring is 1. The van der Waals surface area contributed by atoms with Crippen molar-refractivity contribution in [2.45, 2.75) is 31.1 Å². The quantitative estimate of drug-likeness (QED) is 0.791. The molecule has 2 rings (SSSR count). The lowest BCUT2D eigenvalue weighted by atomic mass is 9.81. The third-order valence-electron chi connectivity index (χ3n) is 3.50. The van der Waals surface area contributed by atoms with E-state index in [9.17, 15) is 0 Å². The molecule has 1 aromatic carbocycles. The number of hydrogen-bond donors (Lipinski definition) is 1. The topological polar surface area (TPSA) is 26.0 Å². The minimum absolute atomic E-state index is 0.438. The fourth-order valence-corrected chi connectivity index (χ4v) is 3.69. The minimum Gasteiger partial charge on any atom is -0.399 e. The second-order valence-electron chi connectivity index (χ2n) is 4.54. The molecule has 1 nitrogen and oxygen atoms in total. The molecule has 0 heterocycles. The molecule has 0 aromatic heterocycles. The molecule has 0 bridgehead atoms. The molecule has 15 heavy (non-hydrogen) atoms. The molecule has 0 aliphatic heterocycles. The lowest BCUT2D eigenvalue weighted by Crippen LogP contribution is -2.25. The molecule has 1 aliphatic carbocycles. The van der Waals surface area contributed by atoms with Crippen LogP contribution in [0.1, 0.15) is 31.2 Å². The van der Waals surface area contributed by atoms with Gasteiger partial charge in [-0.1, -0.05) is 25.0 Å². The van der Waals surface area contributed by atoms with Crippen LogP contribution in [0.25, 0.3) is 0 Å². The van der Waals surface area contributed by atoms with E-state index in [-0.39, 0.29) is 0 Å². The summed E-state index contributed by atoms with van der Waals surface area (Å²) < 4.78 is 0. The van der Waals surface area contributed by atoms with E-state index in [1.807, 2.05) is 23.9 Å². The van der Waals surface area contributed by atoms with Gasteiger partial charge in [0.2, 0.25) is 0 Å². The largest absolute Gasteiger partial charge is 0.399 e. The van der Waals surface area contributed by atoms with E-state index in [2.05, 4.69) is 18.4 Å². The van der Waals surface area contributed by atoms with Crippen molar-refractivity contribution in [1.82, 2.24) is 0 Å². The van der Waals surface area contributed by atoms with Crippen molar-refractivity contribution in [2.75, 3.05) is 17.7 Å². The maximum Gasteiger partial charge on any atom is 0.0314 e. The van der Waals surface area contributed by atoms with Crippen molar-refractivity contribution in [1.29, 1.82) is 0 Å². The first-order valence-corrected chi connectivity index (χ1v) is 7.01. The molecule has 0 saturated heterocycles. The average Bonchev–Trinajstić information content (AvgIpc) is 2.69. The first-order chi connectivity index (χ1) is 7.27. The Kier molecular flexibility index (Phi) is 3.25. The molecule has 2 N–H and O–H groups in total. The van der Waals surface area contributed by atoms with E-state index in [1.54, 1.807) is 0 Å². The monoisotopic (exact) mass is 221 g/mol. The molecule has 0 radical (unpaired) electrons. The number of hydrogen-bond acceptors (Lipinski definition) is 2. The fraction of sp³-hybridized carbons (Fsp3) is 0.538. The van der Waals surface area contributed by atoms with E-state index in [4.69, 9.17) is 5.73 Å². The number of nitrogens with two attached hydrogens (primary N) is 1. The summed E-state index contributed by atoms with van der Waals surface area (Å²) in [6.45, 7) is 0.